The normalized spacial score (nSPS) is 11.2. The van der Waals surface area contributed by atoms with E-state index >= 15 is 0 Å². The fourth-order valence-electron chi connectivity index (χ4n) is 2.30. The average molecular weight is 468 g/mol. The summed E-state index contributed by atoms with van der Waals surface area (Å²) in [5.74, 6) is 0.737. The van der Waals surface area contributed by atoms with Crippen molar-refractivity contribution in [2.24, 2.45) is 5.16 Å². The van der Waals surface area contributed by atoms with E-state index in [2.05, 4.69) is 20.3 Å². The van der Waals surface area contributed by atoms with E-state index in [1.54, 1.807) is 18.3 Å². The summed E-state index contributed by atoms with van der Waals surface area (Å²) in [6.07, 6.45) is 2.14. The van der Waals surface area contributed by atoms with Gasteiger partial charge >= 0.3 is 0 Å². The molecule has 0 amide bonds. The van der Waals surface area contributed by atoms with E-state index in [1.165, 1.54) is 11.8 Å². The molecule has 0 fully saturated rings. The average Bonchev–Trinajstić information content (AvgIpc) is 2.70. The van der Waals surface area contributed by atoms with Crippen LogP contribution in [0.1, 0.15) is 22.5 Å². The van der Waals surface area contributed by atoms with Gasteiger partial charge in [0.15, 0.2) is 0 Å². The van der Waals surface area contributed by atoms with Crippen LogP contribution in [0.3, 0.4) is 0 Å². The third-order valence-corrected chi connectivity index (χ3v) is 5.63. The minimum absolute atomic E-state index is 0.260. The molecule has 29 heavy (non-hydrogen) atoms. The van der Waals surface area contributed by atoms with Gasteiger partial charge in [-0.15, -0.1) is 5.10 Å². The summed E-state index contributed by atoms with van der Waals surface area (Å²) in [7, 11) is 0. The van der Waals surface area contributed by atoms with Crippen LogP contribution in [0.5, 0.6) is 0 Å². The van der Waals surface area contributed by atoms with Crippen molar-refractivity contribution in [3.05, 3.63) is 80.0 Å². The lowest BCUT2D eigenvalue weighted by molar-refractivity contribution is 0.131. The highest BCUT2D eigenvalue weighted by Crippen LogP contribution is 2.22. The highest BCUT2D eigenvalue weighted by molar-refractivity contribution is 7.98. The minimum atomic E-state index is 0.260. The van der Waals surface area contributed by atoms with E-state index in [4.69, 9.17) is 39.6 Å². The maximum Gasteiger partial charge on any atom is 0.209 e. The largest absolute Gasteiger partial charge is 0.391 e. The third-order valence-electron chi connectivity index (χ3n) is 3.88. The number of halogens is 3. The SMILES string of the molecule is Cc1nnc(SCc2ccc(Cl)cc2)nc1CC=NOCc1ccc(Cl)cc1Cl. The van der Waals surface area contributed by atoms with Crippen LogP contribution < -0.4 is 0 Å². The van der Waals surface area contributed by atoms with Gasteiger partial charge in [0.2, 0.25) is 5.16 Å². The molecule has 2 aromatic carbocycles. The number of oxime groups is 1. The number of thioether (sulfide) groups is 1. The Balaban J connectivity index is 1.52. The molecule has 0 saturated heterocycles. The lowest BCUT2D eigenvalue weighted by Gasteiger charge is -2.05. The molecule has 3 rings (SSSR count). The van der Waals surface area contributed by atoms with Crippen molar-refractivity contribution in [3.63, 3.8) is 0 Å². The van der Waals surface area contributed by atoms with Crippen LogP contribution in [-0.4, -0.2) is 21.4 Å². The molecule has 0 aliphatic carbocycles. The number of nitrogens with zero attached hydrogens (tertiary/aromatic N) is 4. The van der Waals surface area contributed by atoms with Gasteiger partial charge in [-0.05, 0) is 36.8 Å². The zero-order valence-corrected chi connectivity index (χ0v) is 18.6. The summed E-state index contributed by atoms with van der Waals surface area (Å²) in [6, 6.07) is 12.9. The maximum atomic E-state index is 6.11. The number of hydrogen-bond acceptors (Lipinski definition) is 6. The van der Waals surface area contributed by atoms with Crippen LogP contribution in [-0.2, 0) is 23.6 Å². The molecule has 0 N–H and O–H groups in total. The molecular formula is C20H17Cl3N4OS. The minimum Gasteiger partial charge on any atom is -0.391 e. The van der Waals surface area contributed by atoms with Crippen molar-refractivity contribution >= 4 is 52.8 Å². The van der Waals surface area contributed by atoms with Crippen LogP contribution in [0.25, 0.3) is 0 Å². The predicted octanol–water partition coefficient (Wildman–Crippen LogP) is 6.18. The van der Waals surface area contributed by atoms with Crippen LogP contribution in [0.4, 0.5) is 0 Å². The van der Waals surface area contributed by atoms with Gasteiger partial charge in [0.1, 0.15) is 6.61 Å². The van der Waals surface area contributed by atoms with Gasteiger partial charge in [-0.25, -0.2) is 4.98 Å². The molecule has 0 unspecified atom stereocenters. The van der Waals surface area contributed by atoms with Crippen LogP contribution >= 0.6 is 46.6 Å². The van der Waals surface area contributed by atoms with Crippen molar-refractivity contribution in [1.82, 2.24) is 15.2 Å². The molecule has 5 nitrogen and oxygen atoms in total. The van der Waals surface area contributed by atoms with Crippen LogP contribution in [0.15, 0.2) is 52.8 Å². The van der Waals surface area contributed by atoms with E-state index in [0.29, 0.717) is 26.6 Å². The van der Waals surface area contributed by atoms with Gasteiger partial charge in [-0.1, -0.05) is 69.9 Å². The van der Waals surface area contributed by atoms with Crippen molar-refractivity contribution < 1.29 is 4.84 Å². The number of aromatic nitrogens is 3. The standard InChI is InChI=1S/C20H17Cl3N4OS/c1-13-19(8-9-24-28-11-15-4-7-17(22)10-18(15)23)25-20(27-26-13)29-12-14-2-5-16(21)6-3-14/h2-7,9-10H,8,11-12H2,1H3. The third kappa shape index (κ3) is 6.85. The van der Waals surface area contributed by atoms with E-state index in [1.807, 2.05) is 37.3 Å². The Bertz CT molecular complexity index is 1000. The fourth-order valence-corrected chi connectivity index (χ4v) is 3.65. The molecule has 0 aliphatic rings. The molecule has 0 saturated carbocycles. The Kier molecular flexibility index (Phi) is 8.12. The lowest BCUT2D eigenvalue weighted by Crippen LogP contribution is -2.03. The molecule has 9 heteroatoms. The topological polar surface area (TPSA) is 60.3 Å². The Morgan fingerprint density at radius 2 is 1.79 bits per heavy atom. The number of aryl methyl sites for hydroxylation is 1. The highest BCUT2D eigenvalue weighted by atomic mass is 35.5. The zero-order chi connectivity index (χ0) is 20.6. The molecule has 0 atom stereocenters. The molecule has 3 aromatic rings. The number of benzene rings is 2. The lowest BCUT2D eigenvalue weighted by atomic mass is 10.2. The van der Waals surface area contributed by atoms with Crippen molar-refractivity contribution in [3.8, 4) is 0 Å². The second kappa shape index (κ2) is 10.8. The first-order chi connectivity index (χ1) is 14.0. The van der Waals surface area contributed by atoms with Crippen molar-refractivity contribution in [2.45, 2.75) is 30.9 Å². The molecule has 150 valence electrons. The molecule has 0 spiro atoms. The molecule has 0 radical (unpaired) electrons. The van der Waals surface area contributed by atoms with Gasteiger partial charge in [-0.3, -0.25) is 0 Å². The van der Waals surface area contributed by atoms with Gasteiger partial charge in [-0.2, -0.15) is 5.10 Å². The fraction of sp³-hybridized carbons (Fsp3) is 0.200. The summed E-state index contributed by atoms with van der Waals surface area (Å²) in [6.45, 7) is 2.13. The van der Waals surface area contributed by atoms with Gasteiger partial charge in [0.05, 0.1) is 11.4 Å². The van der Waals surface area contributed by atoms with Crippen molar-refractivity contribution in [2.75, 3.05) is 0 Å². The number of rotatable bonds is 8. The number of hydrogen-bond donors (Lipinski definition) is 0. The second-order valence-electron chi connectivity index (χ2n) is 6.04. The quantitative estimate of drug-likeness (QED) is 0.225. The maximum absolute atomic E-state index is 6.11. The van der Waals surface area contributed by atoms with E-state index < -0.39 is 0 Å². The van der Waals surface area contributed by atoms with Gasteiger partial charge in [0, 0.05) is 39.0 Å². The predicted molar refractivity (Wildman–Crippen MR) is 119 cm³/mol. The highest BCUT2D eigenvalue weighted by Gasteiger charge is 2.06. The Morgan fingerprint density at radius 1 is 1.03 bits per heavy atom. The van der Waals surface area contributed by atoms with E-state index in [0.717, 1.165) is 28.3 Å². The molecule has 1 heterocycles. The summed E-state index contributed by atoms with van der Waals surface area (Å²) in [5, 5.41) is 14.8. The summed E-state index contributed by atoms with van der Waals surface area (Å²) in [4.78, 5) is 9.87. The Morgan fingerprint density at radius 3 is 2.55 bits per heavy atom. The van der Waals surface area contributed by atoms with E-state index in [9.17, 15) is 0 Å². The van der Waals surface area contributed by atoms with Crippen molar-refractivity contribution in [1.29, 1.82) is 0 Å². The van der Waals surface area contributed by atoms with Gasteiger partial charge < -0.3 is 4.84 Å². The Hall–Kier alpha value is -1.86. The summed E-state index contributed by atoms with van der Waals surface area (Å²) < 4.78 is 0. The molecule has 1 aromatic heterocycles. The summed E-state index contributed by atoms with van der Waals surface area (Å²) in [5.41, 5.74) is 3.51. The van der Waals surface area contributed by atoms with E-state index in [-0.39, 0.29) is 6.61 Å². The van der Waals surface area contributed by atoms with Crippen LogP contribution in [0, 0.1) is 6.92 Å². The first-order valence-corrected chi connectivity index (χ1v) is 10.8. The molecular weight excluding hydrogens is 451 g/mol. The second-order valence-corrected chi connectivity index (χ2v) is 8.27. The first kappa shape index (κ1) is 21.8. The monoisotopic (exact) mass is 466 g/mol. The smallest absolute Gasteiger partial charge is 0.209 e. The first-order valence-electron chi connectivity index (χ1n) is 8.66. The Labute approximate surface area is 188 Å². The van der Waals surface area contributed by atoms with Gasteiger partial charge in [0.25, 0.3) is 0 Å². The zero-order valence-electron chi connectivity index (χ0n) is 15.5. The molecule has 0 aliphatic heterocycles. The molecule has 0 bridgehead atoms. The van der Waals surface area contributed by atoms with Crippen LogP contribution in [0.2, 0.25) is 15.1 Å². The summed E-state index contributed by atoms with van der Waals surface area (Å²) >= 11 is 19.4.